The molecular formula is C34H49N3O7. The largest absolute Gasteiger partial charge is 0.496 e. The normalized spacial score (nSPS) is 19.4. The highest BCUT2D eigenvalue weighted by Gasteiger charge is 2.47. The average Bonchev–Trinajstić information content (AvgIpc) is 3.63. The van der Waals surface area contributed by atoms with Crippen LogP contribution in [0.15, 0.2) is 36.4 Å². The molecular weight excluding hydrogens is 562 g/mol. The highest BCUT2D eigenvalue weighted by molar-refractivity contribution is 5.79. The van der Waals surface area contributed by atoms with Crippen molar-refractivity contribution in [3.63, 3.8) is 0 Å². The van der Waals surface area contributed by atoms with Crippen molar-refractivity contribution < 1.29 is 33.6 Å². The van der Waals surface area contributed by atoms with Crippen molar-refractivity contribution in [1.29, 1.82) is 0 Å². The van der Waals surface area contributed by atoms with Crippen molar-refractivity contribution in [2.24, 2.45) is 5.92 Å². The number of fused-ring (bicyclic) bond motifs is 1. The number of benzene rings is 2. The Balaban J connectivity index is 1.60. The highest BCUT2D eigenvalue weighted by Crippen LogP contribution is 2.47. The maximum atomic E-state index is 13.8. The summed E-state index contributed by atoms with van der Waals surface area (Å²) in [4.78, 5) is 33.0. The Hall–Kier alpha value is -3.50. The van der Waals surface area contributed by atoms with E-state index in [-0.39, 0.29) is 31.2 Å². The third-order valence-electron chi connectivity index (χ3n) is 8.79. The van der Waals surface area contributed by atoms with Gasteiger partial charge < -0.3 is 33.9 Å². The summed E-state index contributed by atoms with van der Waals surface area (Å²) < 4.78 is 22.4. The van der Waals surface area contributed by atoms with Crippen LogP contribution < -0.4 is 18.9 Å². The summed E-state index contributed by atoms with van der Waals surface area (Å²) in [5, 5.41) is 10.6. The Morgan fingerprint density at radius 2 is 1.75 bits per heavy atom. The van der Waals surface area contributed by atoms with Gasteiger partial charge >= 0.3 is 5.97 Å². The lowest BCUT2D eigenvalue weighted by Gasteiger charge is -2.30. The Labute approximate surface area is 261 Å². The first kappa shape index (κ1) is 33.4. The number of methoxy groups -OCH3 is 2. The second kappa shape index (κ2) is 16.0. The molecule has 10 heteroatoms. The molecule has 2 aliphatic heterocycles. The summed E-state index contributed by atoms with van der Waals surface area (Å²) in [6, 6.07) is 11.3. The van der Waals surface area contributed by atoms with E-state index in [9.17, 15) is 14.7 Å². The number of carboxylic acid groups (broad SMARTS) is 1. The predicted octanol–water partition coefficient (Wildman–Crippen LogP) is 4.50. The lowest BCUT2D eigenvalue weighted by Crippen LogP contribution is -2.45. The van der Waals surface area contributed by atoms with Gasteiger partial charge in [-0.15, -0.1) is 0 Å². The van der Waals surface area contributed by atoms with Crippen molar-refractivity contribution in [1.82, 2.24) is 14.7 Å². The van der Waals surface area contributed by atoms with Gasteiger partial charge in [0.15, 0.2) is 11.5 Å². The quantitative estimate of drug-likeness (QED) is 0.277. The summed E-state index contributed by atoms with van der Waals surface area (Å²) in [7, 11) is 7.30. The van der Waals surface area contributed by atoms with Crippen LogP contribution in [0.3, 0.4) is 0 Å². The summed E-state index contributed by atoms with van der Waals surface area (Å²) in [5.74, 6) is 0.574. The first-order valence-corrected chi connectivity index (χ1v) is 15.8. The number of hydrogen-bond donors (Lipinski definition) is 1. The molecule has 1 unspecified atom stereocenters. The minimum atomic E-state index is -0.863. The number of para-hydroxylation sites is 1. The zero-order valence-corrected chi connectivity index (χ0v) is 26.9. The molecule has 242 valence electrons. The van der Waals surface area contributed by atoms with Gasteiger partial charge in [0, 0.05) is 31.6 Å². The maximum absolute atomic E-state index is 13.8. The number of likely N-dealkylation sites (tertiary alicyclic amines) is 1. The monoisotopic (exact) mass is 611 g/mol. The Bertz CT molecular complexity index is 1250. The van der Waals surface area contributed by atoms with Crippen LogP contribution in [-0.4, -0.2) is 106 Å². The van der Waals surface area contributed by atoms with E-state index >= 15 is 0 Å². The van der Waals surface area contributed by atoms with Gasteiger partial charge in [-0.2, -0.15) is 0 Å². The fourth-order valence-electron chi connectivity index (χ4n) is 6.53. The van der Waals surface area contributed by atoms with Crippen molar-refractivity contribution in [2.75, 3.05) is 67.8 Å². The van der Waals surface area contributed by atoms with Gasteiger partial charge in [0.1, 0.15) is 5.75 Å². The zero-order valence-electron chi connectivity index (χ0n) is 26.9. The van der Waals surface area contributed by atoms with Gasteiger partial charge in [0.05, 0.1) is 26.7 Å². The first-order valence-electron chi connectivity index (χ1n) is 15.8. The van der Waals surface area contributed by atoms with Gasteiger partial charge in [0.25, 0.3) is 0 Å². The van der Waals surface area contributed by atoms with Crippen molar-refractivity contribution in [2.45, 2.75) is 57.4 Å². The van der Waals surface area contributed by atoms with Gasteiger partial charge in [0.2, 0.25) is 18.4 Å². The summed E-state index contributed by atoms with van der Waals surface area (Å²) >= 11 is 0. The topological polar surface area (TPSA) is 101 Å². The molecule has 2 aromatic rings. The van der Waals surface area contributed by atoms with Gasteiger partial charge in [-0.25, -0.2) is 0 Å². The van der Waals surface area contributed by atoms with Crippen LogP contribution in [0.2, 0.25) is 0 Å². The van der Waals surface area contributed by atoms with Crippen LogP contribution in [0.4, 0.5) is 0 Å². The second-order valence-corrected chi connectivity index (χ2v) is 12.0. The van der Waals surface area contributed by atoms with Crippen LogP contribution in [0, 0.1) is 5.92 Å². The third kappa shape index (κ3) is 8.15. The minimum Gasteiger partial charge on any atom is -0.496 e. The second-order valence-electron chi connectivity index (χ2n) is 12.0. The number of hydrogen-bond acceptors (Lipinski definition) is 8. The number of carboxylic acids is 1. The van der Waals surface area contributed by atoms with E-state index in [0.717, 1.165) is 55.5 Å². The standard InChI is InChI=1S/C34H49N3O7/c1-6-7-17-36(18-11-16-35(2)3)31(38)22-37-21-26(25-19-29(42-5)33-30(20-25)43-23-44-33)32(34(39)40)27(37)14-10-13-24-12-8-9-15-28(24)41-4/h8-9,12,15,19-20,26-27,32H,6-7,10-11,13-14,16-18,21-23H2,1-5H3,(H,39,40)/t26-,27+,32?/m1/s1. The van der Waals surface area contributed by atoms with E-state index in [1.165, 1.54) is 0 Å². The zero-order chi connectivity index (χ0) is 31.6. The molecule has 0 radical (unpaired) electrons. The molecule has 2 aliphatic rings. The molecule has 4 rings (SSSR count). The van der Waals surface area contributed by atoms with Crippen LogP contribution in [0.25, 0.3) is 0 Å². The maximum Gasteiger partial charge on any atom is 0.308 e. The molecule has 0 bridgehead atoms. The van der Waals surface area contributed by atoms with Crippen LogP contribution in [0.1, 0.15) is 56.1 Å². The van der Waals surface area contributed by atoms with Gasteiger partial charge in [-0.05, 0) is 82.1 Å². The molecule has 1 saturated heterocycles. The van der Waals surface area contributed by atoms with E-state index < -0.39 is 11.9 Å². The minimum absolute atomic E-state index is 0.0555. The summed E-state index contributed by atoms with van der Waals surface area (Å²) in [6.07, 6.45) is 4.98. The smallest absolute Gasteiger partial charge is 0.308 e. The molecule has 0 aromatic heterocycles. The fraction of sp³-hybridized carbons (Fsp3) is 0.588. The number of ether oxygens (including phenoxy) is 4. The number of unbranched alkanes of at least 4 members (excludes halogenated alkanes) is 1. The molecule has 1 N–H and O–H groups in total. The Morgan fingerprint density at radius 3 is 2.45 bits per heavy atom. The van der Waals surface area contributed by atoms with Crippen molar-refractivity contribution in [3.8, 4) is 23.0 Å². The molecule has 10 nitrogen and oxygen atoms in total. The van der Waals surface area contributed by atoms with Crippen LogP contribution in [-0.2, 0) is 16.0 Å². The lowest BCUT2D eigenvalue weighted by molar-refractivity contribution is -0.143. The van der Waals surface area contributed by atoms with E-state index in [2.05, 4.69) is 16.7 Å². The summed E-state index contributed by atoms with van der Waals surface area (Å²) in [5.41, 5.74) is 1.91. The molecule has 1 amide bonds. The molecule has 0 aliphatic carbocycles. The lowest BCUT2D eigenvalue weighted by atomic mass is 9.83. The number of carbonyl (C=O) groups excluding carboxylic acids is 1. The number of amides is 1. The molecule has 2 heterocycles. The first-order chi connectivity index (χ1) is 21.3. The molecule has 0 saturated carbocycles. The van der Waals surface area contributed by atoms with Crippen molar-refractivity contribution >= 4 is 11.9 Å². The van der Waals surface area contributed by atoms with E-state index in [1.807, 2.05) is 55.4 Å². The molecule has 1 fully saturated rings. The molecule has 0 spiro atoms. The fourth-order valence-corrected chi connectivity index (χ4v) is 6.53. The van der Waals surface area contributed by atoms with E-state index in [4.69, 9.17) is 18.9 Å². The summed E-state index contributed by atoms with van der Waals surface area (Å²) in [6.45, 7) is 5.16. The van der Waals surface area contributed by atoms with E-state index in [0.29, 0.717) is 43.3 Å². The molecule has 44 heavy (non-hydrogen) atoms. The number of aryl methyl sites for hydroxylation is 1. The van der Waals surface area contributed by atoms with Crippen LogP contribution >= 0.6 is 0 Å². The SMILES string of the molecule is CCCCN(CCCN(C)C)C(=O)CN1C[C@H](c2cc(OC)c3c(c2)OCO3)C(C(=O)O)[C@@H]1CCCc1ccccc1OC. The predicted molar refractivity (Wildman–Crippen MR) is 169 cm³/mol. The Morgan fingerprint density at radius 1 is 1.00 bits per heavy atom. The van der Waals surface area contributed by atoms with E-state index in [1.54, 1.807) is 14.2 Å². The van der Waals surface area contributed by atoms with Crippen LogP contribution in [0.5, 0.6) is 23.0 Å². The number of nitrogens with zero attached hydrogens (tertiary/aromatic N) is 3. The Kier molecular flexibility index (Phi) is 12.1. The highest BCUT2D eigenvalue weighted by atomic mass is 16.7. The number of rotatable bonds is 17. The molecule has 2 aromatic carbocycles. The number of carbonyl (C=O) groups is 2. The number of aliphatic carboxylic acids is 1. The third-order valence-corrected chi connectivity index (χ3v) is 8.79. The van der Waals surface area contributed by atoms with Gasteiger partial charge in [-0.1, -0.05) is 31.5 Å². The van der Waals surface area contributed by atoms with Gasteiger partial charge in [-0.3, -0.25) is 14.5 Å². The average molecular weight is 612 g/mol. The van der Waals surface area contributed by atoms with Crippen molar-refractivity contribution in [3.05, 3.63) is 47.5 Å². The molecule has 3 atom stereocenters.